The van der Waals surface area contributed by atoms with Crippen molar-refractivity contribution in [2.45, 2.75) is 6.54 Å². The Morgan fingerprint density at radius 2 is 1.73 bits per heavy atom. The predicted octanol–water partition coefficient (Wildman–Crippen LogP) is 4.40. The van der Waals surface area contributed by atoms with Gasteiger partial charge in [0, 0.05) is 54.4 Å². The van der Waals surface area contributed by atoms with Crippen LogP contribution in [0.1, 0.15) is 4.88 Å². The summed E-state index contributed by atoms with van der Waals surface area (Å²) < 4.78 is 10.8. The van der Waals surface area contributed by atoms with E-state index < -0.39 is 0 Å². The first-order chi connectivity index (χ1) is 15.7. The fraction of sp³-hybridized carbons (Fsp3) is 0.400. The third-order valence-corrected chi connectivity index (χ3v) is 6.80. The highest BCUT2D eigenvalue weighted by atomic mass is 35.5. The second kappa shape index (κ2) is 12.3. The Bertz CT molecular complexity index is 989. The number of halogens is 1. The van der Waals surface area contributed by atoms with Crippen LogP contribution in [0.2, 0.25) is 0 Å². The molecular weight excluding hydrogens is 456 g/mol. The molecule has 4 rings (SSSR count). The lowest BCUT2D eigenvalue weighted by Crippen LogP contribution is -2.36. The summed E-state index contributed by atoms with van der Waals surface area (Å²) in [6.45, 7) is 6.30. The molecule has 0 radical (unpaired) electrons. The minimum atomic E-state index is 0. The van der Waals surface area contributed by atoms with Crippen LogP contribution in [0.15, 0.2) is 48.5 Å². The van der Waals surface area contributed by atoms with Crippen molar-refractivity contribution in [2.75, 3.05) is 65.5 Å². The van der Waals surface area contributed by atoms with E-state index in [0.717, 1.165) is 73.5 Å². The van der Waals surface area contributed by atoms with E-state index in [-0.39, 0.29) is 12.4 Å². The largest absolute Gasteiger partial charge is 0.497 e. The summed E-state index contributed by atoms with van der Waals surface area (Å²) in [7, 11) is 5.84. The second-order valence-electron chi connectivity index (χ2n) is 8.01. The van der Waals surface area contributed by atoms with E-state index in [9.17, 15) is 0 Å². The second-order valence-corrected chi connectivity index (χ2v) is 9.09. The maximum atomic E-state index is 5.48. The van der Waals surface area contributed by atoms with Gasteiger partial charge in [-0.15, -0.1) is 23.7 Å². The average Bonchev–Trinajstić information content (AvgIpc) is 3.27. The van der Waals surface area contributed by atoms with E-state index in [1.165, 1.54) is 10.6 Å². The molecule has 178 valence electrons. The zero-order chi connectivity index (χ0) is 22.3. The molecular formula is C25H33ClN4O2S. The molecule has 1 aliphatic heterocycles. The molecule has 0 unspecified atom stereocenters. The Labute approximate surface area is 206 Å². The molecule has 1 aliphatic rings. The van der Waals surface area contributed by atoms with Crippen molar-refractivity contribution in [3.63, 3.8) is 0 Å². The molecule has 1 saturated heterocycles. The molecule has 3 aromatic rings. The van der Waals surface area contributed by atoms with Crippen LogP contribution >= 0.6 is 23.7 Å². The van der Waals surface area contributed by atoms with Crippen LogP contribution in [0.3, 0.4) is 0 Å². The summed E-state index contributed by atoms with van der Waals surface area (Å²) in [6, 6.07) is 17.0. The molecule has 2 aromatic carbocycles. The molecule has 0 aliphatic carbocycles. The zero-order valence-electron chi connectivity index (χ0n) is 19.5. The van der Waals surface area contributed by atoms with Gasteiger partial charge in [-0.05, 0) is 62.6 Å². The molecule has 1 aromatic heterocycles. The van der Waals surface area contributed by atoms with Crippen LogP contribution in [0, 0.1) is 0 Å². The van der Waals surface area contributed by atoms with Gasteiger partial charge in [0.1, 0.15) is 10.8 Å². The van der Waals surface area contributed by atoms with E-state index in [1.54, 1.807) is 18.4 Å². The topological polar surface area (TPSA) is 49.9 Å². The van der Waals surface area contributed by atoms with Crippen LogP contribution in [0.4, 0.5) is 5.69 Å². The van der Waals surface area contributed by atoms with Crippen LogP contribution in [0.25, 0.3) is 21.8 Å². The number of rotatable bonds is 9. The number of hydrogen-bond donors (Lipinski definition) is 1. The third-order valence-electron chi connectivity index (χ3n) is 5.71. The van der Waals surface area contributed by atoms with Crippen molar-refractivity contribution in [1.29, 1.82) is 0 Å². The van der Waals surface area contributed by atoms with Gasteiger partial charge in [0.2, 0.25) is 0 Å². The monoisotopic (exact) mass is 488 g/mol. The maximum Gasteiger partial charge on any atom is 0.124 e. The molecule has 33 heavy (non-hydrogen) atoms. The highest BCUT2D eigenvalue weighted by Gasteiger charge is 2.17. The number of likely N-dealkylation sites (N-methyl/N-ethyl adjacent to an activating group) is 2. The first-order valence-electron chi connectivity index (χ1n) is 11.1. The van der Waals surface area contributed by atoms with Crippen molar-refractivity contribution in [3.05, 3.63) is 53.4 Å². The summed E-state index contributed by atoms with van der Waals surface area (Å²) in [6.07, 6.45) is 0. The smallest absolute Gasteiger partial charge is 0.124 e. The zero-order valence-corrected chi connectivity index (χ0v) is 21.2. The first-order valence-corrected chi connectivity index (χ1v) is 11.9. The summed E-state index contributed by atoms with van der Waals surface area (Å²) >= 11 is 1.78. The predicted molar refractivity (Wildman–Crippen MR) is 140 cm³/mol. The quantitative estimate of drug-likeness (QED) is 0.482. The molecule has 0 bridgehead atoms. The van der Waals surface area contributed by atoms with E-state index in [2.05, 4.69) is 58.6 Å². The summed E-state index contributed by atoms with van der Waals surface area (Å²) in [5.74, 6) is 0.857. The number of thiazole rings is 1. The number of morpholine rings is 1. The highest BCUT2D eigenvalue weighted by molar-refractivity contribution is 7.15. The number of ether oxygens (including phenoxy) is 2. The lowest BCUT2D eigenvalue weighted by molar-refractivity contribution is 0.122. The van der Waals surface area contributed by atoms with Gasteiger partial charge in [0.15, 0.2) is 0 Å². The molecule has 0 spiro atoms. The van der Waals surface area contributed by atoms with E-state index in [0.29, 0.717) is 0 Å². The lowest BCUT2D eigenvalue weighted by Gasteiger charge is -2.28. The van der Waals surface area contributed by atoms with Gasteiger partial charge in [-0.25, -0.2) is 4.98 Å². The Morgan fingerprint density at radius 1 is 1.06 bits per heavy atom. The standard InChI is InChI=1S/C25H32N4O2S.ClH/c1-26-12-13-28(2)18-23-24(19-6-10-22(30-3)11-7-19)27-25(32-23)20-4-8-21(9-5-20)29-14-16-31-17-15-29;/h4-11,26H,12-18H2,1-3H3;1H. The molecule has 0 saturated carbocycles. The normalized spacial score (nSPS) is 13.8. The van der Waals surface area contributed by atoms with Crippen molar-refractivity contribution in [2.24, 2.45) is 0 Å². The molecule has 6 nitrogen and oxygen atoms in total. The Kier molecular flexibility index (Phi) is 9.52. The molecule has 0 amide bonds. The molecule has 0 atom stereocenters. The number of aromatic nitrogens is 1. The van der Waals surface area contributed by atoms with Gasteiger partial charge < -0.3 is 19.7 Å². The van der Waals surface area contributed by atoms with E-state index in [4.69, 9.17) is 14.5 Å². The Morgan fingerprint density at radius 3 is 2.36 bits per heavy atom. The van der Waals surface area contributed by atoms with Crippen molar-refractivity contribution >= 4 is 29.4 Å². The van der Waals surface area contributed by atoms with Crippen LogP contribution in [-0.2, 0) is 11.3 Å². The van der Waals surface area contributed by atoms with Gasteiger partial charge in [0.25, 0.3) is 0 Å². The first kappa shape index (κ1) is 25.5. The fourth-order valence-electron chi connectivity index (χ4n) is 3.82. The van der Waals surface area contributed by atoms with Crippen molar-refractivity contribution in [3.8, 4) is 27.6 Å². The average molecular weight is 489 g/mol. The molecule has 1 fully saturated rings. The minimum Gasteiger partial charge on any atom is -0.497 e. The summed E-state index contributed by atoms with van der Waals surface area (Å²) in [5.41, 5.74) is 4.58. The Balaban J connectivity index is 0.00000306. The lowest BCUT2D eigenvalue weighted by atomic mass is 10.1. The van der Waals surface area contributed by atoms with Crippen molar-refractivity contribution in [1.82, 2.24) is 15.2 Å². The van der Waals surface area contributed by atoms with Crippen LogP contribution in [-0.4, -0.2) is 70.5 Å². The van der Waals surface area contributed by atoms with Gasteiger partial charge in [0.05, 0.1) is 26.0 Å². The molecule has 1 N–H and O–H groups in total. The number of anilines is 1. The highest BCUT2D eigenvalue weighted by Crippen LogP contribution is 2.36. The van der Waals surface area contributed by atoms with E-state index in [1.807, 2.05) is 19.2 Å². The number of nitrogens with zero attached hydrogens (tertiary/aromatic N) is 3. The maximum absolute atomic E-state index is 5.48. The van der Waals surface area contributed by atoms with Crippen LogP contribution in [0.5, 0.6) is 5.75 Å². The Hall–Kier alpha value is -2.16. The van der Waals surface area contributed by atoms with Gasteiger partial charge >= 0.3 is 0 Å². The molecule has 8 heteroatoms. The SMILES string of the molecule is CNCCN(C)Cc1sc(-c2ccc(N3CCOCC3)cc2)nc1-c1ccc(OC)cc1.Cl. The van der Waals surface area contributed by atoms with Gasteiger partial charge in [-0.3, -0.25) is 4.90 Å². The van der Waals surface area contributed by atoms with Gasteiger partial charge in [-0.2, -0.15) is 0 Å². The van der Waals surface area contributed by atoms with Crippen LogP contribution < -0.4 is 15.0 Å². The van der Waals surface area contributed by atoms with Gasteiger partial charge in [-0.1, -0.05) is 0 Å². The summed E-state index contributed by atoms with van der Waals surface area (Å²) in [4.78, 5) is 11.1. The minimum absolute atomic E-state index is 0. The van der Waals surface area contributed by atoms with Crippen molar-refractivity contribution < 1.29 is 9.47 Å². The van der Waals surface area contributed by atoms with E-state index >= 15 is 0 Å². The third kappa shape index (κ3) is 6.46. The fourth-order valence-corrected chi connectivity index (χ4v) is 4.99. The number of benzene rings is 2. The number of methoxy groups -OCH3 is 1. The summed E-state index contributed by atoms with van der Waals surface area (Å²) in [5, 5.41) is 4.28. The molecule has 2 heterocycles. The number of hydrogen-bond acceptors (Lipinski definition) is 7. The number of nitrogens with one attached hydrogen (secondary N) is 1.